The second-order valence-electron chi connectivity index (χ2n) is 8.22. The number of carbonyl (C=O) groups is 2. The second kappa shape index (κ2) is 6.46. The fraction of sp³-hybridized carbons (Fsp3) is 0.600. The van der Waals surface area contributed by atoms with Crippen LogP contribution in [-0.4, -0.2) is 56.4 Å². The summed E-state index contributed by atoms with van der Waals surface area (Å²) >= 11 is 0. The third kappa shape index (κ3) is 2.50. The van der Waals surface area contributed by atoms with Gasteiger partial charge in [0.05, 0.1) is 23.8 Å². The highest BCUT2D eigenvalue weighted by molar-refractivity contribution is 5.94. The Bertz CT molecular complexity index is 905. The summed E-state index contributed by atoms with van der Waals surface area (Å²) in [7, 11) is 0. The van der Waals surface area contributed by atoms with Gasteiger partial charge in [-0.25, -0.2) is 4.98 Å². The normalized spacial score (nSPS) is 21.5. The maximum Gasteiger partial charge on any atom is 0.259 e. The maximum atomic E-state index is 13.2. The summed E-state index contributed by atoms with van der Waals surface area (Å²) < 4.78 is 5.05. The molecule has 2 aromatic rings. The molecular weight excluding hydrogens is 358 g/mol. The molecule has 4 heterocycles. The van der Waals surface area contributed by atoms with Crippen molar-refractivity contribution < 1.29 is 14.1 Å². The average molecular weight is 383 g/mol. The summed E-state index contributed by atoms with van der Waals surface area (Å²) in [6.45, 7) is 3.65. The van der Waals surface area contributed by atoms with Crippen LogP contribution in [-0.2, 0) is 16.8 Å². The zero-order valence-electron chi connectivity index (χ0n) is 16.1. The zero-order valence-corrected chi connectivity index (χ0v) is 16.1. The topological polar surface area (TPSA) is 95.3 Å². The molecule has 2 aliphatic heterocycles. The molecule has 3 aliphatic rings. The van der Waals surface area contributed by atoms with Crippen LogP contribution in [0.1, 0.15) is 59.6 Å². The third-order valence-corrected chi connectivity index (χ3v) is 6.84. The summed E-state index contributed by atoms with van der Waals surface area (Å²) in [5.41, 5.74) is 2.25. The molecule has 0 unspecified atom stereocenters. The van der Waals surface area contributed by atoms with E-state index in [0.717, 1.165) is 43.6 Å². The number of rotatable bonds is 2. The number of hydrogen-bond donors (Lipinski definition) is 1. The van der Waals surface area contributed by atoms with E-state index in [4.69, 9.17) is 4.52 Å². The number of imidazole rings is 1. The number of aromatic nitrogens is 3. The minimum Gasteiger partial charge on any atom is -0.361 e. The number of nitrogens with zero attached hydrogens (tertiary/aromatic N) is 4. The van der Waals surface area contributed by atoms with Crippen LogP contribution in [0.4, 0.5) is 0 Å². The lowest BCUT2D eigenvalue weighted by molar-refractivity contribution is -0.148. The molecule has 0 radical (unpaired) electrons. The van der Waals surface area contributed by atoms with E-state index < -0.39 is 5.54 Å². The standard InChI is InChI=1S/C20H25N5O3/c1-13-15(11-23-28-13)19(27)24-9-6-20(7-10-24)17-16(21-12-22-17)5-8-25(20)18(26)14-3-2-4-14/h11-12,14H,2-10H2,1H3,(H,21,22). The van der Waals surface area contributed by atoms with Gasteiger partial charge in [-0.1, -0.05) is 11.6 Å². The van der Waals surface area contributed by atoms with Gasteiger partial charge in [0.15, 0.2) is 0 Å². The van der Waals surface area contributed by atoms with Gasteiger partial charge in [0, 0.05) is 37.7 Å². The minimum absolute atomic E-state index is 0.0523. The SMILES string of the molecule is Cc1oncc1C(=O)N1CCC2(CC1)c1nc[nH]c1CCN2C(=O)C1CCC1. The fourth-order valence-electron chi connectivity index (χ4n) is 4.94. The van der Waals surface area contributed by atoms with Crippen molar-refractivity contribution in [1.82, 2.24) is 24.9 Å². The Kier molecular flexibility index (Phi) is 4.03. The van der Waals surface area contributed by atoms with E-state index in [1.165, 1.54) is 6.20 Å². The number of nitrogens with one attached hydrogen (secondary N) is 1. The largest absolute Gasteiger partial charge is 0.361 e. The lowest BCUT2D eigenvalue weighted by Gasteiger charge is -2.51. The van der Waals surface area contributed by atoms with Crippen molar-refractivity contribution in [3.8, 4) is 0 Å². The lowest BCUT2D eigenvalue weighted by Crippen LogP contribution is -2.60. The molecule has 0 aromatic carbocycles. The van der Waals surface area contributed by atoms with E-state index in [0.29, 0.717) is 37.3 Å². The van der Waals surface area contributed by atoms with Gasteiger partial charge in [0.2, 0.25) is 5.91 Å². The van der Waals surface area contributed by atoms with E-state index in [9.17, 15) is 9.59 Å². The van der Waals surface area contributed by atoms with Crippen molar-refractivity contribution in [3.05, 3.63) is 35.2 Å². The number of aromatic amines is 1. The first-order chi connectivity index (χ1) is 13.6. The van der Waals surface area contributed by atoms with Crippen molar-refractivity contribution in [2.45, 2.75) is 51.0 Å². The third-order valence-electron chi connectivity index (χ3n) is 6.84. The molecule has 1 saturated carbocycles. The Labute approximate surface area is 163 Å². The molecular formula is C20H25N5O3. The first-order valence-electron chi connectivity index (χ1n) is 10.1. The first kappa shape index (κ1) is 17.5. The van der Waals surface area contributed by atoms with Crippen molar-refractivity contribution >= 4 is 11.8 Å². The molecule has 28 heavy (non-hydrogen) atoms. The Balaban J connectivity index is 1.42. The van der Waals surface area contributed by atoms with Crippen molar-refractivity contribution in [1.29, 1.82) is 0 Å². The maximum absolute atomic E-state index is 13.2. The smallest absolute Gasteiger partial charge is 0.259 e. The van der Waals surface area contributed by atoms with Gasteiger partial charge < -0.3 is 19.3 Å². The van der Waals surface area contributed by atoms with Gasteiger partial charge in [0.1, 0.15) is 11.3 Å². The Hall–Kier alpha value is -2.64. The van der Waals surface area contributed by atoms with Gasteiger partial charge in [-0.15, -0.1) is 0 Å². The van der Waals surface area contributed by atoms with Crippen LogP contribution < -0.4 is 0 Å². The number of H-pyrrole nitrogens is 1. The average Bonchev–Trinajstić information content (AvgIpc) is 3.30. The molecule has 2 fully saturated rings. The summed E-state index contributed by atoms with van der Waals surface area (Å²) in [5, 5.41) is 3.72. The fourth-order valence-corrected chi connectivity index (χ4v) is 4.94. The number of piperidine rings is 1. The van der Waals surface area contributed by atoms with Crippen LogP contribution >= 0.6 is 0 Å². The van der Waals surface area contributed by atoms with E-state index in [2.05, 4.69) is 20.0 Å². The second-order valence-corrected chi connectivity index (χ2v) is 8.22. The first-order valence-corrected chi connectivity index (χ1v) is 10.1. The minimum atomic E-state index is -0.402. The van der Waals surface area contributed by atoms with E-state index >= 15 is 0 Å². The van der Waals surface area contributed by atoms with Gasteiger partial charge in [0.25, 0.3) is 5.91 Å². The predicted molar refractivity (Wildman–Crippen MR) is 99.4 cm³/mol. The number of likely N-dealkylation sites (tertiary alicyclic amines) is 1. The number of carbonyl (C=O) groups excluding carboxylic acids is 2. The molecule has 1 N–H and O–H groups in total. The van der Waals surface area contributed by atoms with Crippen LogP contribution in [0.2, 0.25) is 0 Å². The monoisotopic (exact) mass is 383 g/mol. The molecule has 2 aromatic heterocycles. The molecule has 148 valence electrons. The van der Waals surface area contributed by atoms with Crippen LogP contribution in [0.5, 0.6) is 0 Å². The van der Waals surface area contributed by atoms with Gasteiger partial charge in [-0.2, -0.15) is 0 Å². The van der Waals surface area contributed by atoms with E-state index in [-0.39, 0.29) is 17.7 Å². The molecule has 1 saturated heterocycles. The van der Waals surface area contributed by atoms with E-state index in [1.807, 2.05) is 4.90 Å². The van der Waals surface area contributed by atoms with Crippen LogP contribution in [0.3, 0.4) is 0 Å². The molecule has 8 nitrogen and oxygen atoms in total. The number of fused-ring (bicyclic) bond motifs is 2. The molecule has 8 heteroatoms. The Morgan fingerprint density at radius 1 is 1.25 bits per heavy atom. The van der Waals surface area contributed by atoms with Crippen LogP contribution in [0, 0.1) is 12.8 Å². The molecule has 1 aliphatic carbocycles. The molecule has 2 amide bonds. The quantitative estimate of drug-likeness (QED) is 0.856. The summed E-state index contributed by atoms with van der Waals surface area (Å²) in [6, 6.07) is 0. The van der Waals surface area contributed by atoms with Crippen LogP contribution in [0.15, 0.2) is 17.0 Å². The summed E-state index contributed by atoms with van der Waals surface area (Å²) in [6.07, 6.45) is 8.59. The summed E-state index contributed by atoms with van der Waals surface area (Å²) in [5.74, 6) is 0.925. The highest BCUT2D eigenvalue weighted by Crippen LogP contribution is 2.44. The Morgan fingerprint density at radius 2 is 2.04 bits per heavy atom. The molecule has 0 atom stereocenters. The van der Waals surface area contributed by atoms with Gasteiger partial charge in [-0.05, 0) is 32.6 Å². The highest BCUT2D eigenvalue weighted by Gasteiger charge is 2.50. The van der Waals surface area contributed by atoms with Gasteiger partial charge >= 0.3 is 0 Å². The van der Waals surface area contributed by atoms with Crippen molar-refractivity contribution in [3.63, 3.8) is 0 Å². The molecule has 0 bridgehead atoms. The van der Waals surface area contributed by atoms with Crippen molar-refractivity contribution in [2.24, 2.45) is 5.92 Å². The number of hydrogen-bond acceptors (Lipinski definition) is 5. The highest BCUT2D eigenvalue weighted by atomic mass is 16.5. The summed E-state index contributed by atoms with van der Waals surface area (Å²) in [4.78, 5) is 37.9. The molecule has 1 spiro atoms. The van der Waals surface area contributed by atoms with E-state index in [1.54, 1.807) is 13.3 Å². The lowest BCUT2D eigenvalue weighted by atomic mass is 9.76. The Morgan fingerprint density at radius 3 is 2.68 bits per heavy atom. The number of amides is 2. The molecule has 5 rings (SSSR count). The number of aryl methyl sites for hydroxylation is 1. The van der Waals surface area contributed by atoms with Gasteiger partial charge in [-0.3, -0.25) is 9.59 Å². The van der Waals surface area contributed by atoms with Crippen LogP contribution in [0.25, 0.3) is 0 Å². The predicted octanol–water partition coefficient (Wildman–Crippen LogP) is 2.02. The zero-order chi connectivity index (χ0) is 19.3. The van der Waals surface area contributed by atoms with Crippen molar-refractivity contribution in [2.75, 3.05) is 19.6 Å².